The molecule has 3 heterocycles. The molecule has 1 N–H and O–H groups in total. The average molecular weight is 496 g/mol. The lowest BCUT2D eigenvalue weighted by atomic mass is 10.0. The van der Waals surface area contributed by atoms with E-state index in [1.165, 1.54) is 32.5 Å². The highest BCUT2D eigenvalue weighted by Crippen LogP contribution is 2.25. The number of hydroxylamine groups is 2. The van der Waals surface area contributed by atoms with Gasteiger partial charge >= 0.3 is 5.91 Å². The second-order valence-corrected chi connectivity index (χ2v) is 9.25. The van der Waals surface area contributed by atoms with Crippen molar-refractivity contribution >= 4 is 28.6 Å². The van der Waals surface area contributed by atoms with E-state index >= 15 is 0 Å². The predicted molar refractivity (Wildman–Crippen MR) is 132 cm³/mol. The first-order valence-corrected chi connectivity index (χ1v) is 11.7. The molecule has 0 aliphatic carbocycles. The Morgan fingerprint density at radius 2 is 1.83 bits per heavy atom. The van der Waals surface area contributed by atoms with Crippen molar-refractivity contribution in [3.05, 3.63) is 64.7 Å². The molecule has 0 spiro atoms. The molecule has 1 saturated heterocycles. The van der Waals surface area contributed by atoms with Gasteiger partial charge in [-0.3, -0.25) is 24.1 Å². The Morgan fingerprint density at radius 3 is 2.50 bits per heavy atom. The van der Waals surface area contributed by atoms with Crippen LogP contribution in [0.3, 0.4) is 0 Å². The number of carbonyl (C=O) groups excluding carboxylic acids is 3. The van der Waals surface area contributed by atoms with E-state index < -0.39 is 11.7 Å². The van der Waals surface area contributed by atoms with Crippen molar-refractivity contribution in [2.75, 3.05) is 27.2 Å². The van der Waals surface area contributed by atoms with E-state index in [2.05, 4.69) is 21.8 Å². The van der Waals surface area contributed by atoms with Crippen molar-refractivity contribution in [1.82, 2.24) is 24.8 Å². The van der Waals surface area contributed by atoms with E-state index in [4.69, 9.17) is 4.84 Å². The first-order chi connectivity index (χ1) is 17.1. The average Bonchev–Trinajstić information content (AvgIpc) is 3.27. The Kier molecular flexibility index (Phi) is 7.18. The number of hydrogen-bond donors (Lipinski definition) is 1. The molecule has 0 unspecified atom stereocenters. The third kappa shape index (κ3) is 4.87. The number of Topliss-reactive ketones (excluding diaryl/α,β-unsaturated/α-hetero) is 1. The van der Waals surface area contributed by atoms with Gasteiger partial charge in [0.05, 0.1) is 23.9 Å². The molecular formula is C26H30FN5O4. The van der Waals surface area contributed by atoms with Gasteiger partial charge in [0.25, 0.3) is 11.7 Å². The molecule has 1 fully saturated rings. The van der Waals surface area contributed by atoms with Gasteiger partial charge in [0.1, 0.15) is 11.5 Å². The first-order valence-electron chi connectivity index (χ1n) is 11.7. The lowest BCUT2D eigenvalue weighted by Crippen LogP contribution is -2.57. The van der Waals surface area contributed by atoms with Gasteiger partial charge in [-0.25, -0.2) is 14.4 Å². The van der Waals surface area contributed by atoms with Crippen LogP contribution >= 0.6 is 0 Å². The van der Waals surface area contributed by atoms with Crippen LogP contribution in [0.25, 0.3) is 11.0 Å². The normalized spacial score (nSPS) is 18.4. The van der Waals surface area contributed by atoms with Crippen molar-refractivity contribution in [2.24, 2.45) is 0 Å². The van der Waals surface area contributed by atoms with Gasteiger partial charge in [-0.15, -0.1) is 0 Å². The summed E-state index contributed by atoms with van der Waals surface area (Å²) in [6, 6.07) is 8.10. The van der Waals surface area contributed by atoms with Crippen molar-refractivity contribution in [2.45, 2.75) is 39.4 Å². The number of amides is 2. The van der Waals surface area contributed by atoms with Gasteiger partial charge < -0.3 is 9.88 Å². The predicted octanol–water partition coefficient (Wildman–Crippen LogP) is 2.95. The summed E-state index contributed by atoms with van der Waals surface area (Å²) in [7, 11) is 2.65. The summed E-state index contributed by atoms with van der Waals surface area (Å²) >= 11 is 0. The summed E-state index contributed by atoms with van der Waals surface area (Å²) in [6.45, 7) is 7.63. The van der Waals surface area contributed by atoms with Gasteiger partial charge in [-0.2, -0.15) is 0 Å². The van der Waals surface area contributed by atoms with Crippen LogP contribution in [0.1, 0.15) is 45.8 Å². The molecule has 190 valence electrons. The van der Waals surface area contributed by atoms with E-state index in [1.807, 2.05) is 11.8 Å². The van der Waals surface area contributed by atoms with Crippen molar-refractivity contribution in [1.29, 1.82) is 0 Å². The fourth-order valence-electron chi connectivity index (χ4n) is 4.56. The molecule has 4 rings (SSSR count). The number of aromatic amines is 1. The van der Waals surface area contributed by atoms with Crippen LogP contribution in [0.2, 0.25) is 0 Å². The summed E-state index contributed by atoms with van der Waals surface area (Å²) in [4.78, 5) is 55.1. The molecular weight excluding hydrogens is 465 g/mol. The highest BCUT2D eigenvalue weighted by molar-refractivity contribution is 6.44. The van der Waals surface area contributed by atoms with Crippen molar-refractivity contribution in [3.8, 4) is 0 Å². The van der Waals surface area contributed by atoms with E-state index in [9.17, 15) is 18.8 Å². The number of halogens is 1. The highest BCUT2D eigenvalue weighted by Gasteiger charge is 2.34. The minimum absolute atomic E-state index is 0.0755. The van der Waals surface area contributed by atoms with E-state index in [1.54, 1.807) is 25.1 Å². The standard InChI is InChI=1S/C26H30FN5O4/c1-15-13-32(16(2)12-31(15)14-18-6-8-19(27)9-7-18)25(34)20-10-21-22(11-28-24(21)29-17(20)3)23(33)26(35)30(4)36-5/h6-11,15-16H,12-14H2,1-5H3,(H,28,29)/t15-,16+/m0/s1. The number of pyridine rings is 1. The number of H-pyrrole nitrogens is 1. The van der Waals surface area contributed by atoms with Crippen molar-refractivity contribution in [3.63, 3.8) is 0 Å². The second kappa shape index (κ2) is 10.2. The number of aryl methyl sites for hydroxylation is 1. The van der Waals surface area contributed by atoms with Crippen molar-refractivity contribution < 1.29 is 23.6 Å². The van der Waals surface area contributed by atoms with Gasteiger partial charge in [-0.1, -0.05) is 12.1 Å². The van der Waals surface area contributed by atoms with Gasteiger partial charge in [0.15, 0.2) is 0 Å². The van der Waals surface area contributed by atoms with Gasteiger partial charge in [-0.05, 0) is 44.5 Å². The summed E-state index contributed by atoms with van der Waals surface area (Å²) < 4.78 is 13.3. The second-order valence-electron chi connectivity index (χ2n) is 9.25. The van der Waals surface area contributed by atoms with Crippen LogP contribution in [0.4, 0.5) is 4.39 Å². The Morgan fingerprint density at radius 1 is 1.14 bits per heavy atom. The molecule has 9 nitrogen and oxygen atoms in total. The summed E-state index contributed by atoms with van der Waals surface area (Å²) in [5, 5.41) is 1.26. The topological polar surface area (TPSA) is 98.8 Å². The highest BCUT2D eigenvalue weighted by atomic mass is 19.1. The molecule has 2 aromatic heterocycles. The molecule has 1 aromatic carbocycles. The molecule has 0 bridgehead atoms. The Labute approximate surface area is 208 Å². The SMILES string of the molecule is CON(C)C(=O)C(=O)c1c[nH]c2nc(C)c(C(=O)N3C[C@H](C)N(Cc4ccc(F)cc4)C[C@H]3C)cc12. The van der Waals surface area contributed by atoms with Crippen LogP contribution < -0.4 is 0 Å². The zero-order chi connectivity index (χ0) is 26.1. The molecule has 0 saturated carbocycles. The lowest BCUT2D eigenvalue weighted by Gasteiger charge is -2.44. The number of aromatic nitrogens is 2. The number of ketones is 1. The zero-order valence-electron chi connectivity index (χ0n) is 21.0. The van der Waals surface area contributed by atoms with Crippen LogP contribution in [0.5, 0.6) is 0 Å². The Bertz CT molecular complexity index is 1310. The maximum absolute atomic E-state index is 13.6. The van der Waals surface area contributed by atoms with Crippen LogP contribution in [-0.2, 0) is 16.2 Å². The number of fused-ring (bicyclic) bond motifs is 1. The molecule has 10 heteroatoms. The molecule has 3 aromatic rings. The third-order valence-corrected chi connectivity index (χ3v) is 6.76. The zero-order valence-corrected chi connectivity index (χ0v) is 21.0. The molecule has 36 heavy (non-hydrogen) atoms. The van der Waals surface area contributed by atoms with Crippen LogP contribution in [0, 0.1) is 12.7 Å². The fraction of sp³-hybridized carbons (Fsp3) is 0.385. The third-order valence-electron chi connectivity index (χ3n) is 6.76. The first kappa shape index (κ1) is 25.5. The summed E-state index contributed by atoms with van der Waals surface area (Å²) in [5.41, 5.74) is 2.48. The van der Waals surface area contributed by atoms with E-state index in [-0.39, 0.29) is 29.4 Å². The van der Waals surface area contributed by atoms with Gasteiger partial charge in [0, 0.05) is 50.3 Å². The van der Waals surface area contributed by atoms with Crippen LogP contribution in [-0.4, -0.2) is 81.8 Å². The quantitative estimate of drug-likeness (QED) is 0.321. The van der Waals surface area contributed by atoms with E-state index in [0.717, 1.165) is 10.6 Å². The molecule has 0 radical (unpaired) electrons. The van der Waals surface area contributed by atoms with E-state index in [0.29, 0.717) is 41.9 Å². The number of carbonyl (C=O) groups is 3. The lowest BCUT2D eigenvalue weighted by molar-refractivity contribution is -0.162. The number of nitrogens with one attached hydrogen (secondary N) is 1. The smallest absolute Gasteiger partial charge is 0.318 e. The number of benzene rings is 1. The summed E-state index contributed by atoms with van der Waals surface area (Å²) in [5.74, 6) is -2.03. The number of likely N-dealkylation sites (N-methyl/N-ethyl adjacent to an activating group) is 1. The monoisotopic (exact) mass is 495 g/mol. The number of piperazine rings is 1. The minimum atomic E-state index is -0.827. The molecule has 1 aliphatic rings. The number of rotatable bonds is 6. The number of hydrogen-bond acceptors (Lipinski definition) is 6. The Hall–Kier alpha value is -3.63. The molecule has 1 aliphatic heterocycles. The van der Waals surface area contributed by atoms with Gasteiger partial charge in [0.2, 0.25) is 0 Å². The Balaban J connectivity index is 1.57. The number of nitrogens with zero attached hydrogens (tertiary/aromatic N) is 4. The molecule has 2 amide bonds. The van der Waals surface area contributed by atoms with Crippen LogP contribution in [0.15, 0.2) is 36.5 Å². The largest absolute Gasteiger partial charge is 0.345 e. The molecule has 2 atom stereocenters. The maximum atomic E-state index is 13.6. The summed E-state index contributed by atoms with van der Waals surface area (Å²) in [6.07, 6.45) is 1.42. The maximum Gasteiger partial charge on any atom is 0.318 e. The minimum Gasteiger partial charge on any atom is -0.345 e. The fourth-order valence-corrected chi connectivity index (χ4v) is 4.56.